The molecule has 0 aliphatic carbocycles. The molecule has 3 aromatic heterocycles. The number of fused-ring (bicyclic) bond motifs is 13. The summed E-state index contributed by atoms with van der Waals surface area (Å²) < 4.78 is 16.0. The first-order valence-corrected chi connectivity index (χ1v) is 21.1. The van der Waals surface area contributed by atoms with Gasteiger partial charge in [0.25, 0.3) is 0 Å². The maximum Gasteiger partial charge on any atom is 0.144 e. The van der Waals surface area contributed by atoms with Crippen molar-refractivity contribution in [2.45, 2.75) is 0 Å². The standard InChI is InChI=1S/C56H33NO2S/c1-3-12-41-34(9-1)11-7-15-42(41)36-19-24-38(25-20-36)57(40-28-29-47-50(33-40)58-49-31-23-35-10-2-4-13-43(35)53(47)49)39-26-21-37(22-27-39)44-16-8-17-45-46-30-32-52-54(56(46)59-55(44)45)48-14-5-6-18-51(48)60-52/h1-33H. The van der Waals surface area contributed by atoms with E-state index in [1.807, 2.05) is 11.3 Å². The van der Waals surface area contributed by atoms with E-state index < -0.39 is 0 Å². The van der Waals surface area contributed by atoms with Gasteiger partial charge in [-0.05, 0) is 98.9 Å². The number of hydrogen-bond acceptors (Lipinski definition) is 4. The highest BCUT2D eigenvalue weighted by Gasteiger charge is 2.20. The molecule has 0 saturated heterocycles. The van der Waals surface area contributed by atoms with Gasteiger partial charge in [-0.15, -0.1) is 11.3 Å². The van der Waals surface area contributed by atoms with E-state index in [1.54, 1.807) is 0 Å². The van der Waals surface area contributed by atoms with Gasteiger partial charge in [0.15, 0.2) is 0 Å². The van der Waals surface area contributed by atoms with Crippen molar-refractivity contribution in [2.75, 3.05) is 4.90 Å². The summed E-state index contributed by atoms with van der Waals surface area (Å²) in [5, 5.41) is 11.9. The van der Waals surface area contributed by atoms with Crippen LogP contribution in [0.2, 0.25) is 0 Å². The molecule has 0 aliphatic rings. The molecule has 0 atom stereocenters. The number of thiophene rings is 1. The van der Waals surface area contributed by atoms with Crippen molar-refractivity contribution >= 4 is 114 Å². The first-order valence-electron chi connectivity index (χ1n) is 20.3. The van der Waals surface area contributed by atoms with E-state index in [0.29, 0.717) is 0 Å². The second kappa shape index (κ2) is 12.9. The van der Waals surface area contributed by atoms with Crippen molar-refractivity contribution in [2.24, 2.45) is 0 Å². The molecular formula is C56H33NO2S. The molecule has 13 rings (SSSR count). The monoisotopic (exact) mass is 783 g/mol. The Kier molecular flexibility index (Phi) is 7.18. The number of furan rings is 2. The summed E-state index contributed by atoms with van der Waals surface area (Å²) >= 11 is 1.82. The Morgan fingerprint density at radius 2 is 0.933 bits per heavy atom. The number of nitrogens with zero attached hydrogens (tertiary/aromatic N) is 1. The van der Waals surface area contributed by atoms with Crippen LogP contribution in [-0.2, 0) is 0 Å². The Labute approximate surface area is 348 Å². The van der Waals surface area contributed by atoms with E-state index in [4.69, 9.17) is 8.83 Å². The molecule has 0 amide bonds. The minimum absolute atomic E-state index is 0.858. The Morgan fingerprint density at radius 3 is 1.75 bits per heavy atom. The fourth-order valence-electron chi connectivity index (χ4n) is 9.47. The first kappa shape index (κ1) is 33.3. The summed E-state index contributed by atoms with van der Waals surface area (Å²) in [4.78, 5) is 2.32. The summed E-state index contributed by atoms with van der Waals surface area (Å²) in [5.74, 6) is 0. The lowest BCUT2D eigenvalue weighted by molar-refractivity contribution is 0.669. The van der Waals surface area contributed by atoms with E-state index in [1.165, 1.54) is 52.8 Å². The van der Waals surface area contributed by atoms with Crippen LogP contribution in [0.1, 0.15) is 0 Å². The molecule has 0 radical (unpaired) electrons. The zero-order chi connectivity index (χ0) is 39.3. The lowest BCUT2D eigenvalue weighted by Gasteiger charge is -2.26. The summed E-state index contributed by atoms with van der Waals surface area (Å²) in [5.41, 5.74) is 11.3. The Bertz CT molecular complexity index is 3830. The molecule has 0 unspecified atom stereocenters. The van der Waals surface area contributed by atoms with Gasteiger partial charge < -0.3 is 13.7 Å². The third-order valence-corrected chi connectivity index (χ3v) is 13.4. The van der Waals surface area contributed by atoms with Gasteiger partial charge in [-0.3, -0.25) is 0 Å². The van der Waals surface area contributed by atoms with Crippen molar-refractivity contribution in [3.8, 4) is 22.3 Å². The largest absolute Gasteiger partial charge is 0.456 e. The van der Waals surface area contributed by atoms with E-state index in [0.717, 1.165) is 72.1 Å². The van der Waals surface area contributed by atoms with Crippen LogP contribution in [0.15, 0.2) is 209 Å². The lowest BCUT2D eigenvalue weighted by Crippen LogP contribution is -2.09. The molecule has 3 heterocycles. The van der Waals surface area contributed by atoms with Crippen LogP contribution in [0.25, 0.3) is 108 Å². The SMILES string of the molecule is c1ccc2c(-c3ccc(N(c4ccc(-c5cccc6c5oc5c6ccc6sc7ccccc7c65)cc4)c4ccc5c(c4)oc4ccc6ccccc6c45)cc3)cccc2c1. The molecule has 0 aliphatic heterocycles. The van der Waals surface area contributed by atoms with Gasteiger partial charge in [0.05, 0.1) is 0 Å². The number of rotatable bonds is 5. The fourth-order valence-corrected chi connectivity index (χ4v) is 10.6. The van der Waals surface area contributed by atoms with Crippen molar-refractivity contribution in [1.82, 2.24) is 0 Å². The van der Waals surface area contributed by atoms with Crippen LogP contribution < -0.4 is 4.90 Å². The average molecular weight is 784 g/mol. The lowest BCUT2D eigenvalue weighted by atomic mass is 9.98. The van der Waals surface area contributed by atoms with Gasteiger partial charge in [0, 0.05) is 70.4 Å². The highest BCUT2D eigenvalue weighted by molar-refractivity contribution is 7.26. The molecule has 0 spiro atoms. The van der Waals surface area contributed by atoms with Gasteiger partial charge in [-0.1, -0.05) is 133 Å². The average Bonchev–Trinajstić information content (AvgIpc) is 4.01. The number of para-hydroxylation sites is 1. The Balaban J connectivity index is 0.950. The smallest absolute Gasteiger partial charge is 0.144 e. The van der Waals surface area contributed by atoms with Crippen LogP contribution in [0, 0.1) is 0 Å². The topological polar surface area (TPSA) is 29.5 Å². The van der Waals surface area contributed by atoms with Crippen molar-refractivity contribution in [3.05, 3.63) is 200 Å². The maximum absolute atomic E-state index is 6.89. The van der Waals surface area contributed by atoms with Crippen LogP contribution in [-0.4, -0.2) is 0 Å². The first-order chi connectivity index (χ1) is 29.7. The Morgan fingerprint density at radius 1 is 0.333 bits per heavy atom. The van der Waals surface area contributed by atoms with Gasteiger partial charge in [-0.25, -0.2) is 0 Å². The van der Waals surface area contributed by atoms with Gasteiger partial charge >= 0.3 is 0 Å². The predicted molar refractivity (Wildman–Crippen MR) is 254 cm³/mol. The zero-order valence-corrected chi connectivity index (χ0v) is 33.0. The third-order valence-electron chi connectivity index (χ3n) is 12.3. The summed E-state index contributed by atoms with van der Waals surface area (Å²) in [6.45, 7) is 0. The molecule has 10 aromatic carbocycles. The van der Waals surface area contributed by atoms with Crippen LogP contribution in [0.3, 0.4) is 0 Å². The number of hydrogen-bond donors (Lipinski definition) is 0. The molecular weight excluding hydrogens is 751 g/mol. The zero-order valence-electron chi connectivity index (χ0n) is 32.2. The predicted octanol–water partition coefficient (Wildman–Crippen LogP) is 17.0. The minimum atomic E-state index is 0.858. The van der Waals surface area contributed by atoms with Crippen molar-refractivity contribution in [3.63, 3.8) is 0 Å². The molecule has 13 aromatic rings. The molecule has 60 heavy (non-hydrogen) atoms. The molecule has 0 bridgehead atoms. The molecule has 280 valence electrons. The quantitative estimate of drug-likeness (QED) is 0.174. The molecule has 0 saturated carbocycles. The normalized spacial score (nSPS) is 12.0. The van der Waals surface area contributed by atoms with Crippen LogP contribution in [0.4, 0.5) is 17.1 Å². The van der Waals surface area contributed by atoms with Gasteiger partial charge in [0.1, 0.15) is 22.3 Å². The van der Waals surface area contributed by atoms with E-state index in [9.17, 15) is 0 Å². The van der Waals surface area contributed by atoms with Gasteiger partial charge in [-0.2, -0.15) is 0 Å². The summed E-state index contributed by atoms with van der Waals surface area (Å²) in [6, 6.07) is 71.9. The van der Waals surface area contributed by atoms with E-state index in [-0.39, 0.29) is 0 Å². The molecule has 0 N–H and O–H groups in total. The van der Waals surface area contributed by atoms with Crippen LogP contribution >= 0.6 is 11.3 Å². The summed E-state index contributed by atoms with van der Waals surface area (Å²) in [7, 11) is 0. The van der Waals surface area contributed by atoms with Crippen molar-refractivity contribution < 1.29 is 8.83 Å². The number of anilines is 3. The second-order valence-electron chi connectivity index (χ2n) is 15.6. The van der Waals surface area contributed by atoms with Crippen LogP contribution in [0.5, 0.6) is 0 Å². The maximum atomic E-state index is 6.89. The van der Waals surface area contributed by atoms with Gasteiger partial charge in [0.2, 0.25) is 0 Å². The van der Waals surface area contributed by atoms with E-state index in [2.05, 4.69) is 205 Å². The highest BCUT2D eigenvalue weighted by Crippen LogP contribution is 2.45. The molecule has 3 nitrogen and oxygen atoms in total. The second-order valence-corrected chi connectivity index (χ2v) is 16.7. The molecule has 0 fully saturated rings. The third kappa shape index (κ3) is 5.01. The summed E-state index contributed by atoms with van der Waals surface area (Å²) in [6.07, 6.45) is 0. The Hall–Kier alpha value is -7.66. The highest BCUT2D eigenvalue weighted by atomic mass is 32.1. The number of benzene rings is 10. The fraction of sp³-hybridized carbons (Fsp3) is 0. The molecule has 4 heteroatoms. The minimum Gasteiger partial charge on any atom is -0.456 e. The van der Waals surface area contributed by atoms with Crippen molar-refractivity contribution in [1.29, 1.82) is 0 Å². The van der Waals surface area contributed by atoms with E-state index >= 15 is 0 Å².